The van der Waals surface area contributed by atoms with Gasteiger partial charge >= 0.3 is 0 Å². The van der Waals surface area contributed by atoms with Crippen molar-refractivity contribution in [2.45, 2.75) is 45.4 Å². The number of ether oxygens (including phenoxy) is 2. The Morgan fingerprint density at radius 1 is 1.07 bits per heavy atom. The number of aryl methyl sites for hydroxylation is 1. The fraction of sp³-hybridized carbons (Fsp3) is 0.419. The SMILES string of the molecule is COc1cc(/C=C2/SC(=S)N(NC(=O)C34CC5CC(CC(C5)C3)C4)C2=O)ccc1OCC(=O)Nc1cccc(C)c1. The first-order valence-electron chi connectivity index (χ1n) is 14.0. The highest BCUT2D eigenvalue weighted by Crippen LogP contribution is 2.60. The number of rotatable bonds is 8. The van der Waals surface area contributed by atoms with Gasteiger partial charge in [0.1, 0.15) is 0 Å². The van der Waals surface area contributed by atoms with Crippen LogP contribution in [0.3, 0.4) is 0 Å². The molecule has 0 radical (unpaired) electrons. The highest BCUT2D eigenvalue weighted by atomic mass is 32.2. The van der Waals surface area contributed by atoms with Crippen molar-refractivity contribution in [1.29, 1.82) is 0 Å². The molecular weight excluding hydrogens is 558 g/mol. The summed E-state index contributed by atoms with van der Waals surface area (Å²) in [7, 11) is 1.51. The lowest BCUT2D eigenvalue weighted by Crippen LogP contribution is -2.57. The molecule has 214 valence electrons. The fourth-order valence-electron chi connectivity index (χ4n) is 7.28. The second-order valence-electron chi connectivity index (χ2n) is 11.8. The number of hydrogen-bond acceptors (Lipinski definition) is 7. The number of methoxy groups -OCH3 is 1. The normalized spacial score (nSPS) is 27.3. The summed E-state index contributed by atoms with van der Waals surface area (Å²) >= 11 is 6.64. The lowest BCUT2D eigenvalue weighted by Gasteiger charge is -2.55. The predicted octanol–water partition coefficient (Wildman–Crippen LogP) is 5.47. The van der Waals surface area contributed by atoms with E-state index in [-0.39, 0.29) is 29.7 Å². The molecule has 4 bridgehead atoms. The van der Waals surface area contributed by atoms with Crippen LogP contribution in [0.5, 0.6) is 11.5 Å². The number of thiocarbonyl (C=S) groups is 1. The second kappa shape index (κ2) is 11.1. The maximum Gasteiger partial charge on any atom is 0.285 e. The van der Waals surface area contributed by atoms with Gasteiger partial charge in [-0.15, -0.1) is 0 Å². The summed E-state index contributed by atoms with van der Waals surface area (Å²) in [5, 5.41) is 4.04. The van der Waals surface area contributed by atoms with Crippen molar-refractivity contribution >= 4 is 57.8 Å². The topological polar surface area (TPSA) is 97.0 Å². The summed E-state index contributed by atoms with van der Waals surface area (Å²) in [6.45, 7) is 1.77. The Labute approximate surface area is 249 Å². The van der Waals surface area contributed by atoms with Crippen LogP contribution in [0, 0.1) is 30.1 Å². The minimum absolute atomic E-state index is 0.0660. The molecule has 0 spiro atoms. The first-order chi connectivity index (χ1) is 19.7. The van der Waals surface area contributed by atoms with Gasteiger partial charge in [0, 0.05) is 5.69 Å². The third-order valence-electron chi connectivity index (χ3n) is 8.67. The summed E-state index contributed by atoms with van der Waals surface area (Å²) in [6, 6.07) is 12.7. The molecule has 1 aliphatic heterocycles. The van der Waals surface area contributed by atoms with E-state index in [0.29, 0.717) is 49.7 Å². The van der Waals surface area contributed by atoms with Crippen LogP contribution in [-0.4, -0.2) is 40.8 Å². The van der Waals surface area contributed by atoms with E-state index < -0.39 is 0 Å². The highest BCUT2D eigenvalue weighted by Gasteiger charge is 2.55. The van der Waals surface area contributed by atoms with Gasteiger partial charge in [0.15, 0.2) is 22.4 Å². The maximum absolute atomic E-state index is 13.5. The van der Waals surface area contributed by atoms with Gasteiger partial charge in [-0.25, -0.2) is 0 Å². The van der Waals surface area contributed by atoms with E-state index in [1.165, 1.54) is 31.4 Å². The third-order valence-corrected chi connectivity index (χ3v) is 9.98. The number of hydrogen-bond donors (Lipinski definition) is 2. The minimum atomic E-state index is -0.373. The zero-order valence-electron chi connectivity index (χ0n) is 23.1. The first-order valence-corrected chi connectivity index (χ1v) is 15.2. The van der Waals surface area contributed by atoms with Crippen molar-refractivity contribution in [3.05, 3.63) is 58.5 Å². The van der Waals surface area contributed by atoms with E-state index >= 15 is 0 Å². The molecule has 8 nitrogen and oxygen atoms in total. The molecule has 5 fully saturated rings. The molecule has 2 aromatic carbocycles. The molecule has 2 aromatic rings. The molecule has 41 heavy (non-hydrogen) atoms. The lowest BCUT2D eigenvalue weighted by molar-refractivity contribution is -0.152. The molecule has 0 atom stereocenters. The molecule has 7 rings (SSSR count). The van der Waals surface area contributed by atoms with E-state index in [0.717, 1.165) is 36.6 Å². The first kappa shape index (κ1) is 27.8. The zero-order chi connectivity index (χ0) is 28.7. The van der Waals surface area contributed by atoms with Crippen molar-refractivity contribution in [3.63, 3.8) is 0 Å². The van der Waals surface area contributed by atoms with Crippen LogP contribution in [0.4, 0.5) is 5.69 Å². The molecule has 3 amide bonds. The van der Waals surface area contributed by atoms with Crippen LogP contribution in [0.1, 0.15) is 49.7 Å². The minimum Gasteiger partial charge on any atom is -0.493 e. The van der Waals surface area contributed by atoms with E-state index in [1.807, 2.05) is 31.2 Å². The quantitative estimate of drug-likeness (QED) is 0.310. The molecule has 4 aliphatic carbocycles. The van der Waals surface area contributed by atoms with Crippen molar-refractivity contribution in [2.75, 3.05) is 19.0 Å². The van der Waals surface area contributed by atoms with Gasteiger partial charge in [0.25, 0.3) is 11.8 Å². The van der Waals surface area contributed by atoms with Crippen molar-refractivity contribution < 1.29 is 23.9 Å². The molecule has 4 saturated carbocycles. The third kappa shape index (κ3) is 5.72. The predicted molar refractivity (Wildman–Crippen MR) is 162 cm³/mol. The van der Waals surface area contributed by atoms with E-state index in [9.17, 15) is 14.4 Å². The number of hydrazine groups is 1. The van der Waals surface area contributed by atoms with E-state index in [2.05, 4.69) is 10.7 Å². The summed E-state index contributed by atoms with van der Waals surface area (Å²) < 4.78 is 11.5. The van der Waals surface area contributed by atoms with Crippen LogP contribution in [-0.2, 0) is 14.4 Å². The summed E-state index contributed by atoms with van der Waals surface area (Å²) in [5.74, 6) is 2.01. The maximum atomic E-state index is 13.5. The van der Waals surface area contributed by atoms with Crippen LogP contribution < -0.4 is 20.2 Å². The van der Waals surface area contributed by atoms with Crippen LogP contribution in [0.15, 0.2) is 47.4 Å². The molecule has 0 aromatic heterocycles. The van der Waals surface area contributed by atoms with Gasteiger partial charge in [0.2, 0.25) is 5.91 Å². The van der Waals surface area contributed by atoms with Crippen LogP contribution in [0.25, 0.3) is 6.08 Å². The number of nitrogens with zero attached hydrogens (tertiary/aromatic N) is 1. The van der Waals surface area contributed by atoms with Gasteiger partial charge in [-0.05, 0) is 117 Å². The summed E-state index contributed by atoms with van der Waals surface area (Å²) in [5.41, 5.74) is 4.96. The number of carbonyl (C=O) groups is 3. The standard InChI is InChI=1S/C31H33N3O5S2/c1-18-4-3-5-23(8-18)32-27(35)17-39-24-7-6-19(12-25(24)38-2)13-26-28(36)34(30(40)41-26)33-29(37)31-14-20-9-21(15-31)11-22(10-20)16-31/h3-8,12-13,20-22H,9-11,14-17H2,1-2H3,(H,32,35)(H,33,37)/b26-13+. The number of nitrogens with one attached hydrogen (secondary N) is 2. The molecule has 5 aliphatic rings. The van der Waals surface area contributed by atoms with E-state index in [1.54, 1.807) is 24.3 Å². The molecular formula is C31H33N3O5S2. The Bertz CT molecular complexity index is 1420. The Balaban J connectivity index is 1.09. The van der Waals surface area contributed by atoms with Crippen molar-refractivity contribution in [2.24, 2.45) is 23.2 Å². The molecule has 10 heteroatoms. The Morgan fingerprint density at radius 3 is 2.44 bits per heavy atom. The number of amides is 3. The summed E-state index contributed by atoms with van der Waals surface area (Å²) in [4.78, 5) is 39.6. The fourth-order valence-corrected chi connectivity index (χ4v) is 8.46. The molecule has 2 N–H and O–H groups in total. The number of anilines is 1. The number of benzene rings is 2. The van der Waals surface area contributed by atoms with Gasteiger partial charge in [-0.1, -0.05) is 30.0 Å². The molecule has 1 heterocycles. The zero-order valence-corrected chi connectivity index (χ0v) is 24.7. The van der Waals surface area contributed by atoms with E-state index in [4.69, 9.17) is 21.7 Å². The Hall–Kier alpha value is -3.37. The van der Waals surface area contributed by atoms with Crippen molar-refractivity contribution in [3.8, 4) is 11.5 Å². The largest absolute Gasteiger partial charge is 0.493 e. The van der Waals surface area contributed by atoms with Gasteiger partial charge in [-0.3, -0.25) is 19.8 Å². The second-order valence-corrected chi connectivity index (χ2v) is 13.4. The molecule has 1 saturated heterocycles. The average molecular weight is 592 g/mol. The smallest absolute Gasteiger partial charge is 0.285 e. The number of thioether (sulfide) groups is 1. The Kier molecular flexibility index (Phi) is 7.54. The van der Waals surface area contributed by atoms with Gasteiger partial charge in [-0.2, -0.15) is 5.01 Å². The van der Waals surface area contributed by atoms with Crippen LogP contribution >= 0.6 is 24.0 Å². The number of carbonyl (C=O) groups excluding carboxylic acids is 3. The molecule has 0 unspecified atom stereocenters. The summed E-state index contributed by atoms with van der Waals surface area (Å²) in [6.07, 6.45) is 8.18. The Morgan fingerprint density at radius 2 is 1.78 bits per heavy atom. The van der Waals surface area contributed by atoms with Gasteiger partial charge in [0.05, 0.1) is 17.4 Å². The average Bonchev–Trinajstić information content (AvgIpc) is 3.18. The van der Waals surface area contributed by atoms with Gasteiger partial charge < -0.3 is 14.8 Å². The monoisotopic (exact) mass is 591 g/mol. The highest BCUT2D eigenvalue weighted by molar-refractivity contribution is 8.26. The van der Waals surface area contributed by atoms with Crippen LogP contribution in [0.2, 0.25) is 0 Å². The lowest BCUT2D eigenvalue weighted by atomic mass is 9.49. The van der Waals surface area contributed by atoms with Crippen molar-refractivity contribution in [1.82, 2.24) is 10.4 Å².